The average molecular weight is 372 g/mol. The second-order valence-corrected chi connectivity index (χ2v) is 7.42. The minimum absolute atomic E-state index is 0.00864. The number of hydrogen-bond acceptors (Lipinski definition) is 4. The summed E-state index contributed by atoms with van der Waals surface area (Å²) in [5.74, 6) is 0.546. The molecule has 2 aromatic heterocycles. The fourth-order valence-electron chi connectivity index (χ4n) is 3.64. The number of nitrogens with zero attached hydrogens (tertiary/aromatic N) is 4. The van der Waals surface area contributed by atoms with Crippen molar-refractivity contribution in [3.8, 4) is 0 Å². The third-order valence-electron chi connectivity index (χ3n) is 5.22. The van der Waals surface area contributed by atoms with Gasteiger partial charge in [-0.2, -0.15) is 10.1 Å². The van der Waals surface area contributed by atoms with E-state index in [1.165, 1.54) is 12.8 Å². The van der Waals surface area contributed by atoms with Crippen molar-refractivity contribution < 1.29 is 0 Å². The lowest BCUT2D eigenvalue weighted by Gasteiger charge is -2.18. The third kappa shape index (κ3) is 2.98. The zero-order valence-corrected chi connectivity index (χ0v) is 15.7. The van der Waals surface area contributed by atoms with E-state index in [1.54, 1.807) is 17.8 Å². The summed E-state index contributed by atoms with van der Waals surface area (Å²) < 4.78 is 3.48. The highest BCUT2D eigenvalue weighted by molar-refractivity contribution is 6.30. The van der Waals surface area contributed by atoms with Crippen LogP contribution in [0.1, 0.15) is 50.3 Å². The van der Waals surface area contributed by atoms with Crippen molar-refractivity contribution in [2.75, 3.05) is 5.32 Å². The van der Waals surface area contributed by atoms with Crippen LogP contribution in [0.5, 0.6) is 0 Å². The minimum atomic E-state index is -0.0787. The largest absolute Gasteiger partial charge is 0.349 e. The summed E-state index contributed by atoms with van der Waals surface area (Å²) in [5.41, 5.74) is 1.67. The van der Waals surface area contributed by atoms with Crippen LogP contribution in [0.15, 0.2) is 35.3 Å². The number of halogens is 1. The van der Waals surface area contributed by atoms with Crippen molar-refractivity contribution in [1.29, 1.82) is 0 Å². The zero-order valence-electron chi connectivity index (χ0n) is 14.9. The van der Waals surface area contributed by atoms with Crippen LogP contribution in [0.4, 0.5) is 5.95 Å². The van der Waals surface area contributed by atoms with E-state index in [9.17, 15) is 4.79 Å². The van der Waals surface area contributed by atoms with Crippen molar-refractivity contribution in [3.63, 3.8) is 0 Å². The number of fused-ring (bicyclic) bond motifs is 1. The van der Waals surface area contributed by atoms with Crippen molar-refractivity contribution in [3.05, 3.63) is 51.4 Å². The molecular weight excluding hydrogens is 350 g/mol. The Hall–Kier alpha value is -2.34. The normalized spacial score (nSPS) is 16.3. The lowest BCUT2D eigenvalue weighted by Crippen LogP contribution is -2.24. The van der Waals surface area contributed by atoms with E-state index < -0.39 is 0 Å². The van der Waals surface area contributed by atoms with Gasteiger partial charge in [0, 0.05) is 12.1 Å². The van der Waals surface area contributed by atoms with Crippen LogP contribution in [0.2, 0.25) is 5.02 Å². The third-order valence-corrected chi connectivity index (χ3v) is 5.47. The molecule has 4 rings (SSSR count). The standard InChI is InChI=1S/C19H22ClN5O/c1-12(13-7-9-14(20)10-8-13)22-19-23-17-16(18(26)24(19)2)11-21-25(17)15-5-3-4-6-15/h7-12,15H,3-6H2,1-2H3,(H,22,23)/t12-/m1/s1. The van der Waals surface area contributed by atoms with Gasteiger partial charge in [-0.1, -0.05) is 36.6 Å². The fourth-order valence-corrected chi connectivity index (χ4v) is 3.77. The number of aromatic nitrogens is 4. The summed E-state index contributed by atoms with van der Waals surface area (Å²) in [7, 11) is 1.73. The Kier molecular flexibility index (Phi) is 4.44. The smallest absolute Gasteiger partial charge is 0.265 e. The van der Waals surface area contributed by atoms with Crippen LogP contribution in [-0.4, -0.2) is 19.3 Å². The first kappa shape index (κ1) is 17.1. The van der Waals surface area contributed by atoms with Crippen LogP contribution in [0.25, 0.3) is 11.0 Å². The van der Waals surface area contributed by atoms with Crippen molar-refractivity contribution >= 4 is 28.6 Å². The van der Waals surface area contributed by atoms with E-state index in [0.29, 0.717) is 28.0 Å². The van der Waals surface area contributed by atoms with Crippen LogP contribution in [0.3, 0.4) is 0 Å². The number of nitrogens with one attached hydrogen (secondary N) is 1. The lowest BCUT2D eigenvalue weighted by atomic mass is 10.1. The Morgan fingerprint density at radius 1 is 1.23 bits per heavy atom. The summed E-state index contributed by atoms with van der Waals surface area (Å²) in [6.45, 7) is 2.04. The lowest BCUT2D eigenvalue weighted by molar-refractivity contribution is 0.478. The van der Waals surface area contributed by atoms with Gasteiger partial charge < -0.3 is 5.32 Å². The molecule has 0 unspecified atom stereocenters. The van der Waals surface area contributed by atoms with Gasteiger partial charge in [0.2, 0.25) is 5.95 Å². The van der Waals surface area contributed by atoms with E-state index in [1.807, 2.05) is 35.9 Å². The molecule has 7 heteroatoms. The average Bonchev–Trinajstić information content (AvgIpc) is 3.29. The van der Waals surface area contributed by atoms with Crippen LogP contribution < -0.4 is 10.9 Å². The number of anilines is 1. The van der Waals surface area contributed by atoms with Gasteiger partial charge in [0.15, 0.2) is 5.65 Å². The minimum Gasteiger partial charge on any atom is -0.349 e. The molecule has 1 atom stereocenters. The number of rotatable bonds is 4. The first-order valence-corrected chi connectivity index (χ1v) is 9.38. The molecule has 1 aromatic carbocycles. The predicted molar refractivity (Wildman–Crippen MR) is 104 cm³/mol. The predicted octanol–water partition coefficient (Wildman–Crippen LogP) is 4.07. The van der Waals surface area contributed by atoms with E-state index >= 15 is 0 Å². The fraction of sp³-hybridized carbons (Fsp3) is 0.421. The highest BCUT2D eigenvalue weighted by Gasteiger charge is 2.22. The number of benzene rings is 1. The Labute approximate surface area is 156 Å². The molecule has 2 heterocycles. The molecule has 3 aromatic rings. The van der Waals surface area contributed by atoms with E-state index in [4.69, 9.17) is 16.6 Å². The molecule has 0 spiro atoms. The van der Waals surface area contributed by atoms with Gasteiger partial charge >= 0.3 is 0 Å². The summed E-state index contributed by atoms with van der Waals surface area (Å²) in [4.78, 5) is 17.5. The van der Waals surface area contributed by atoms with Gasteiger partial charge in [-0.3, -0.25) is 9.36 Å². The van der Waals surface area contributed by atoms with Crippen LogP contribution in [0, 0.1) is 0 Å². The van der Waals surface area contributed by atoms with E-state index in [0.717, 1.165) is 18.4 Å². The van der Waals surface area contributed by atoms with Gasteiger partial charge in [0.1, 0.15) is 5.39 Å². The molecular formula is C19H22ClN5O. The topological polar surface area (TPSA) is 64.7 Å². The summed E-state index contributed by atoms with van der Waals surface area (Å²) in [6, 6.07) is 8.00. The summed E-state index contributed by atoms with van der Waals surface area (Å²) in [6.07, 6.45) is 6.25. The van der Waals surface area contributed by atoms with Crippen LogP contribution in [-0.2, 0) is 7.05 Å². The highest BCUT2D eigenvalue weighted by Crippen LogP contribution is 2.31. The Bertz CT molecular complexity index is 986. The van der Waals surface area contributed by atoms with Gasteiger partial charge in [0.25, 0.3) is 5.56 Å². The molecule has 0 amide bonds. The SMILES string of the molecule is C[C@@H](Nc1nc2c(cnn2C2CCCC2)c(=O)n1C)c1ccc(Cl)cc1. The van der Waals surface area contributed by atoms with Gasteiger partial charge in [-0.05, 0) is 37.5 Å². The first-order chi connectivity index (χ1) is 12.5. The van der Waals surface area contributed by atoms with E-state index in [-0.39, 0.29) is 11.6 Å². The van der Waals surface area contributed by atoms with Gasteiger partial charge in [0.05, 0.1) is 18.3 Å². The molecule has 6 nitrogen and oxygen atoms in total. The molecule has 1 aliphatic rings. The maximum atomic E-state index is 12.8. The molecule has 0 radical (unpaired) electrons. The second-order valence-electron chi connectivity index (χ2n) is 6.98. The van der Waals surface area contributed by atoms with Crippen molar-refractivity contribution in [2.45, 2.75) is 44.7 Å². The quantitative estimate of drug-likeness (QED) is 0.750. The molecule has 0 saturated heterocycles. The monoisotopic (exact) mass is 371 g/mol. The molecule has 1 saturated carbocycles. The molecule has 0 aliphatic heterocycles. The molecule has 136 valence electrons. The molecule has 1 N–H and O–H groups in total. The summed E-state index contributed by atoms with van der Waals surface area (Å²) >= 11 is 5.97. The Balaban J connectivity index is 1.72. The maximum absolute atomic E-state index is 12.8. The van der Waals surface area contributed by atoms with Crippen LogP contribution >= 0.6 is 11.6 Å². The second kappa shape index (κ2) is 6.76. The first-order valence-electron chi connectivity index (χ1n) is 9.01. The Morgan fingerprint density at radius 3 is 2.62 bits per heavy atom. The summed E-state index contributed by atoms with van der Waals surface area (Å²) in [5, 5.41) is 9.10. The van der Waals surface area contributed by atoms with Gasteiger partial charge in [-0.15, -0.1) is 0 Å². The molecule has 1 fully saturated rings. The molecule has 0 bridgehead atoms. The van der Waals surface area contributed by atoms with E-state index in [2.05, 4.69) is 10.4 Å². The van der Waals surface area contributed by atoms with Crippen molar-refractivity contribution in [1.82, 2.24) is 19.3 Å². The molecule has 1 aliphatic carbocycles. The zero-order chi connectivity index (χ0) is 18.3. The molecule has 26 heavy (non-hydrogen) atoms. The number of hydrogen-bond donors (Lipinski definition) is 1. The maximum Gasteiger partial charge on any atom is 0.265 e. The van der Waals surface area contributed by atoms with Gasteiger partial charge in [-0.25, -0.2) is 4.68 Å². The van der Waals surface area contributed by atoms with Crippen molar-refractivity contribution in [2.24, 2.45) is 7.05 Å². The Morgan fingerprint density at radius 2 is 1.92 bits per heavy atom. The highest BCUT2D eigenvalue weighted by atomic mass is 35.5.